The molecule has 48 heavy (non-hydrogen) atoms. The topological polar surface area (TPSA) is 122 Å². The van der Waals surface area contributed by atoms with Crippen LogP contribution in [-0.4, -0.2) is 72.9 Å². The van der Waals surface area contributed by atoms with E-state index < -0.39 is 10.0 Å². The number of piperidine rings is 1. The van der Waals surface area contributed by atoms with E-state index in [0.717, 1.165) is 60.7 Å². The van der Waals surface area contributed by atoms with Crippen LogP contribution in [-0.2, 0) is 26.6 Å². The number of urea groups is 1. The summed E-state index contributed by atoms with van der Waals surface area (Å²) in [6, 6.07) is 20.9. The molecule has 2 aliphatic rings. The van der Waals surface area contributed by atoms with Crippen molar-refractivity contribution < 1.29 is 17.9 Å². The number of aromatic nitrogens is 3. The van der Waals surface area contributed by atoms with Crippen LogP contribution in [0.25, 0.3) is 5.69 Å². The molecule has 2 aromatic carbocycles. The van der Waals surface area contributed by atoms with Gasteiger partial charge in [-0.15, -0.1) is 0 Å². The summed E-state index contributed by atoms with van der Waals surface area (Å²) in [4.78, 5) is 20.0. The average Bonchev–Trinajstić information content (AvgIpc) is 3.50. The van der Waals surface area contributed by atoms with Crippen molar-refractivity contribution in [3.05, 3.63) is 89.7 Å². The van der Waals surface area contributed by atoms with E-state index >= 15 is 0 Å². The number of morpholine rings is 1. The maximum absolute atomic E-state index is 13.4. The van der Waals surface area contributed by atoms with Gasteiger partial charge in [0.2, 0.25) is 10.0 Å². The van der Waals surface area contributed by atoms with Crippen molar-refractivity contribution >= 4 is 33.4 Å². The minimum absolute atomic E-state index is 0.191. The monoisotopic (exact) mass is 671 g/mol. The number of pyridine rings is 1. The minimum atomic E-state index is -3.61. The fourth-order valence-corrected chi connectivity index (χ4v) is 7.53. The summed E-state index contributed by atoms with van der Waals surface area (Å²) in [5.41, 5.74) is 4.48. The predicted octanol–water partition coefficient (Wildman–Crippen LogP) is 6.00. The highest BCUT2D eigenvalue weighted by Crippen LogP contribution is 2.29. The van der Waals surface area contributed by atoms with Gasteiger partial charge in [-0.2, -0.15) is 9.40 Å². The van der Waals surface area contributed by atoms with Crippen molar-refractivity contribution in [2.24, 2.45) is 5.92 Å². The lowest BCUT2D eigenvalue weighted by Crippen LogP contribution is -2.39. The van der Waals surface area contributed by atoms with Crippen molar-refractivity contribution in [1.82, 2.24) is 19.1 Å². The molecule has 0 bridgehead atoms. The van der Waals surface area contributed by atoms with Gasteiger partial charge in [-0.3, -0.25) is 5.32 Å². The lowest BCUT2D eigenvalue weighted by atomic mass is 9.91. The van der Waals surface area contributed by atoms with E-state index in [1.165, 1.54) is 6.20 Å². The van der Waals surface area contributed by atoms with Crippen molar-refractivity contribution in [3.63, 3.8) is 0 Å². The third-order valence-electron chi connectivity index (χ3n) is 8.97. The number of hydrogen-bond donors (Lipinski definition) is 2. The average molecular weight is 672 g/mol. The number of anilines is 3. The quantitative estimate of drug-likeness (QED) is 0.236. The second-order valence-corrected chi connectivity index (χ2v) is 15.6. The van der Waals surface area contributed by atoms with Crippen LogP contribution in [0.1, 0.15) is 50.4 Å². The molecule has 2 fully saturated rings. The van der Waals surface area contributed by atoms with Crippen LogP contribution in [0.3, 0.4) is 0 Å². The van der Waals surface area contributed by atoms with Gasteiger partial charge in [-0.25, -0.2) is 22.9 Å². The van der Waals surface area contributed by atoms with E-state index in [2.05, 4.69) is 47.4 Å². The summed E-state index contributed by atoms with van der Waals surface area (Å²) in [5.74, 6) is 1.69. The van der Waals surface area contributed by atoms with E-state index in [4.69, 9.17) is 9.84 Å². The largest absolute Gasteiger partial charge is 0.378 e. The fourth-order valence-electron chi connectivity index (χ4n) is 6.11. The molecular formula is C36H45N7O4S. The van der Waals surface area contributed by atoms with Crippen LogP contribution in [0, 0.1) is 12.8 Å². The Balaban J connectivity index is 1.05. The Kier molecular flexibility index (Phi) is 9.86. The van der Waals surface area contributed by atoms with Crippen LogP contribution in [0.15, 0.2) is 77.8 Å². The third-order valence-corrected chi connectivity index (χ3v) is 10.9. The number of sulfonamides is 1. The molecule has 2 amide bonds. The van der Waals surface area contributed by atoms with Gasteiger partial charge in [0.15, 0.2) is 0 Å². The van der Waals surface area contributed by atoms with Crippen LogP contribution in [0.5, 0.6) is 0 Å². The van der Waals surface area contributed by atoms with E-state index in [9.17, 15) is 13.2 Å². The third kappa shape index (κ3) is 7.88. The molecule has 254 valence electrons. The Morgan fingerprint density at radius 3 is 2.33 bits per heavy atom. The lowest BCUT2D eigenvalue weighted by molar-refractivity contribution is 0.122. The van der Waals surface area contributed by atoms with Crippen LogP contribution in [0.4, 0.5) is 22.1 Å². The Bertz CT molecular complexity index is 1820. The summed E-state index contributed by atoms with van der Waals surface area (Å²) in [7, 11) is -3.61. The number of rotatable bonds is 8. The number of carbonyl (C=O) groups is 1. The maximum Gasteiger partial charge on any atom is 0.324 e. The van der Waals surface area contributed by atoms with Gasteiger partial charge in [-0.05, 0) is 74.1 Å². The van der Waals surface area contributed by atoms with Crippen LogP contribution >= 0.6 is 0 Å². The van der Waals surface area contributed by atoms with Gasteiger partial charge in [0.1, 0.15) is 16.5 Å². The molecule has 2 aliphatic heterocycles. The van der Waals surface area contributed by atoms with Gasteiger partial charge >= 0.3 is 6.03 Å². The SMILES string of the molecule is Cc1ccc(-n2nc(C(C)(C)C)cc2NC(=O)Nc2cccc(CC3CCN(S(=O)(=O)c4ccc(N5CCOCC5)nc4)CC3)c2)cc1. The van der Waals surface area contributed by atoms with Crippen LogP contribution < -0.4 is 15.5 Å². The first-order valence-corrected chi connectivity index (χ1v) is 18.0. The molecule has 0 spiro atoms. The second-order valence-electron chi connectivity index (χ2n) is 13.7. The number of nitrogens with one attached hydrogen (secondary N) is 2. The van der Waals surface area contributed by atoms with Crippen molar-refractivity contribution in [3.8, 4) is 5.69 Å². The molecule has 0 atom stereocenters. The van der Waals surface area contributed by atoms with Gasteiger partial charge in [0, 0.05) is 49.5 Å². The zero-order valence-electron chi connectivity index (χ0n) is 28.1. The number of carbonyl (C=O) groups excluding carboxylic acids is 1. The maximum atomic E-state index is 13.4. The molecule has 4 heterocycles. The van der Waals surface area contributed by atoms with Crippen LogP contribution in [0.2, 0.25) is 0 Å². The molecular weight excluding hydrogens is 627 g/mol. The van der Waals surface area contributed by atoms with Crippen molar-refractivity contribution in [2.75, 3.05) is 54.9 Å². The molecule has 12 heteroatoms. The highest BCUT2D eigenvalue weighted by molar-refractivity contribution is 7.89. The van der Waals surface area contributed by atoms with Crippen molar-refractivity contribution in [2.45, 2.75) is 57.3 Å². The highest BCUT2D eigenvalue weighted by atomic mass is 32.2. The molecule has 2 N–H and O–H groups in total. The van der Waals surface area contributed by atoms with Gasteiger partial charge in [0.25, 0.3) is 0 Å². The molecule has 11 nitrogen and oxygen atoms in total. The van der Waals surface area contributed by atoms with E-state index in [0.29, 0.717) is 43.7 Å². The molecule has 0 aliphatic carbocycles. The molecule has 4 aromatic rings. The smallest absolute Gasteiger partial charge is 0.324 e. The minimum Gasteiger partial charge on any atom is -0.378 e. The van der Waals surface area contributed by atoms with Gasteiger partial charge in [0.05, 0.1) is 24.6 Å². The second kappa shape index (κ2) is 14.1. The Hall–Kier alpha value is -4.26. The van der Waals surface area contributed by atoms with E-state index in [1.54, 1.807) is 21.1 Å². The first-order valence-electron chi connectivity index (χ1n) is 16.6. The number of amides is 2. The van der Waals surface area contributed by atoms with Gasteiger partial charge in [-0.1, -0.05) is 50.6 Å². The standard InChI is InChI=1S/C36H45N7O4S/c1-26-8-10-30(11-9-26)43-34(24-32(40-43)36(2,3)4)39-35(44)38-29-7-5-6-28(23-29)22-27-14-16-42(17-15-27)48(45,46)31-12-13-33(37-25-31)41-18-20-47-21-19-41/h5-13,23-25,27H,14-22H2,1-4H3,(H2,38,39,44). The summed E-state index contributed by atoms with van der Waals surface area (Å²) >= 11 is 0. The van der Waals surface area contributed by atoms with Crippen molar-refractivity contribution in [1.29, 1.82) is 0 Å². The molecule has 6 rings (SSSR count). The van der Waals surface area contributed by atoms with Gasteiger partial charge < -0.3 is 15.0 Å². The summed E-state index contributed by atoms with van der Waals surface area (Å²) in [6.45, 7) is 12.0. The molecule has 0 saturated carbocycles. The first-order chi connectivity index (χ1) is 23.0. The molecule has 2 saturated heterocycles. The Morgan fingerprint density at radius 1 is 0.938 bits per heavy atom. The zero-order chi connectivity index (χ0) is 33.9. The number of nitrogens with zero attached hydrogens (tertiary/aromatic N) is 5. The predicted molar refractivity (Wildman–Crippen MR) is 189 cm³/mol. The highest BCUT2D eigenvalue weighted by Gasteiger charge is 2.30. The summed E-state index contributed by atoms with van der Waals surface area (Å²) < 4.78 is 35.5. The zero-order valence-corrected chi connectivity index (χ0v) is 29.0. The fraction of sp³-hybridized carbons (Fsp3) is 0.417. The molecule has 0 radical (unpaired) electrons. The lowest BCUT2D eigenvalue weighted by Gasteiger charge is -2.31. The molecule has 2 aromatic heterocycles. The number of aryl methyl sites for hydroxylation is 1. The van der Waals surface area contributed by atoms with E-state index in [1.807, 2.05) is 55.5 Å². The first kappa shape index (κ1) is 33.6. The Labute approximate surface area is 283 Å². The van der Waals surface area contributed by atoms with E-state index in [-0.39, 0.29) is 16.3 Å². The molecule has 0 unspecified atom stereocenters. The number of hydrogen-bond acceptors (Lipinski definition) is 7. The normalized spacial score (nSPS) is 16.5. The summed E-state index contributed by atoms with van der Waals surface area (Å²) in [6.07, 6.45) is 3.79. The Morgan fingerprint density at radius 2 is 1.67 bits per heavy atom. The summed E-state index contributed by atoms with van der Waals surface area (Å²) in [5, 5.41) is 10.8. The number of ether oxygens (including phenoxy) is 1. The number of benzene rings is 2.